The van der Waals surface area contributed by atoms with Crippen LogP contribution >= 0.6 is 15.9 Å². The van der Waals surface area contributed by atoms with Crippen molar-refractivity contribution < 1.29 is 4.79 Å². The zero-order chi connectivity index (χ0) is 16.7. The Kier molecular flexibility index (Phi) is 6.89. The van der Waals surface area contributed by atoms with Crippen LogP contribution in [0.4, 0.5) is 0 Å². The maximum atomic E-state index is 12.1. The Morgan fingerprint density at radius 3 is 2.57 bits per heavy atom. The number of amides is 1. The van der Waals surface area contributed by atoms with Crippen molar-refractivity contribution in [1.29, 1.82) is 0 Å². The Bertz CT molecular complexity index is 538. The van der Waals surface area contributed by atoms with Crippen molar-refractivity contribution in [3.8, 4) is 0 Å². The van der Waals surface area contributed by atoms with Crippen molar-refractivity contribution in [3.63, 3.8) is 0 Å². The number of likely N-dealkylation sites (tertiary alicyclic amines) is 1. The maximum Gasteiger partial charge on any atom is 0.244 e. The van der Waals surface area contributed by atoms with E-state index < -0.39 is 0 Å². The van der Waals surface area contributed by atoms with Gasteiger partial charge in [-0.3, -0.25) is 4.79 Å². The minimum atomic E-state index is 0.120. The van der Waals surface area contributed by atoms with Crippen LogP contribution in [0, 0.1) is 0 Å². The summed E-state index contributed by atoms with van der Waals surface area (Å²) in [6.45, 7) is 5.52. The molecule has 0 aromatic heterocycles. The average molecular weight is 381 g/mol. The lowest BCUT2D eigenvalue weighted by Gasteiger charge is -2.22. The van der Waals surface area contributed by atoms with Crippen LogP contribution in [-0.4, -0.2) is 54.9 Å². The summed E-state index contributed by atoms with van der Waals surface area (Å²) in [5.41, 5.74) is 1.20. The van der Waals surface area contributed by atoms with E-state index in [1.54, 1.807) is 0 Å². The molecule has 0 radical (unpaired) electrons. The van der Waals surface area contributed by atoms with E-state index in [0.29, 0.717) is 0 Å². The average Bonchev–Trinajstić information content (AvgIpc) is 3.07. The number of aliphatic imine (C=N–C) groups is 1. The molecule has 5 nitrogen and oxygen atoms in total. The van der Waals surface area contributed by atoms with Gasteiger partial charge in [0.1, 0.15) is 6.54 Å². The molecule has 1 aromatic carbocycles. The van der Waals surface area contributed by atoms with Gasteiger partial charge in [-0.2, -0.15) is 0 Å². The van der Waals surface area contributed by atoms with Gasteiger partial charge in [0.05, 0.1) is 0 Å². The van der Waals surface area contributed by atoms with E-state index in [1.165, 1.54) is 5.56 Å². The van der Waals surface area contributed by atoms with E-state index in [-0.39, 0.29) is 12.5 Å². The molecule has 0 aliphatic carbocycles. The highest BCUT2D eigenvalue weighted by atomic mass is 79.9. The predicted octanol–water partition coefficient (Wildman–Crippen LogP) is 2.47. The normalized spacial score (nSPS) is 14.9. The highest BCUT2D eigenvalue weighted by Gasteiger charge is 2.17. The van der Waals surface area contributed by atoms with Crippen LogP contribution in [0.5, 0.6) is 0 Å². The Morgan fingerprint density at radius 2 is 1.96 bits per heavy atom. The molecule has 1 heterocycles. The summed E-state index contributed by atoms with van der Waals surface area (Å²) >= 11 is 3.45. The van der Waals surface area contributed by atoms with Crippen LogP contribution in [0.15, 0.2) is 33.7 Å². The summed E-state index contributed by atoms with van der Waals surface area (Å²) in [6, 6.07) is 8.23. The van der Waals surface area contributed by atoms with Crippen LogP contribution in [-0.2, 0) is 11.3 Å². The monoisotopic (exact) mass is 380 g/mol. The highest BCUT2D eigenvalue weighted by Crippen LogP contribution is 2.12. The minimum absolute atomic E-state index is 0.120. The Labute approximate surface area is 146 Å². The van der Waals surface area contributed by atoms with Gasteiger partial charge in [0.25, 0.3) is 0 Å². The van der Waals surface area contributed by atoms with Gasteiger partial charge in [0.2, 0.25) is 5.91 Å². The Hall–Kier alpha value is -1.56. The third kappa shape index (κ3) is 5.53. The number of carbonyl (C=O) groups is 1. The van der Waals surface area contributed by atoms with Crippen LogP contribution in [0.1, 0.15) is 25.3 Å². The molecule has 1 fully saturated rings. The first-order valence-corrected chi connectivity index (χ1v) is 8.91. The van der Waals surface area contributed by atoms with E-state index >= 15 is 0 Å². The number of nitrogens with one attached hydrogen (secondary N) is 1. The molecule has 6 heteroatoms. The molecule has 1 aliphatic heterocycles. The lowest BCUT2D eigenvalue weighted by Crippen LogP contribution is -2.39. The van der Waals surface area contributed by atoms with E-state index in [9.17, 15) is 4.79 Å². The molecule has 1 saturated heterocycles. The fourth-order valence-corrected chi connectivity index (χ4v) is 2.88. The molecule has 0 atom stereocenters. The minimum Gasteiger partial charge on any atom is -0.357 e. The van der Waals surface area contributed by atoms with E-state index in [4.69, 9.17) is 0 Å². The van der Waals surface area contributed by atoms with Gasteiger partial charge in [0.15, 0.2) is 5.96 Å². The van der Waals surface area contributed by atoms with Gasteiger partial charge in [-0.1, -0.05) is 28.1 Å². The zero-order valence-electron chi connectivity index (χ0n) is 13.9. The molecule has 1 N–H and O–H groups in total. The summed E-state index contributed by atoms with van der Waals surface area (Å²) in [6.07, 6.45) is 2.22. The molecular weight excluding hydrogens is 356 g/mol. The lowest BCUT2D eigenvalue weighted by atomic mass is 10.2. The van der Waals surface area contributed by atoms with Crippen LogP contribution in [0.25, 0.3) is 0 Å². The summed E-state index contributed by atoms with van der Waals surface area (Å²) < 4.78 is 1.07. The molecule has 0 saturated carbocycles. The molecule has 126 valence electrons. The molecule has 23 heavy (non-hydrogen) atoms. The number of rotatable bonds is 5. The first-order chi connectivity index (χ1) is 11.1. The van der Waals surface area contributed by atoms with Crippen molar-refractivity contribution in [3.05, 3.63) is 34.3 Å². The standard InChI is InChI=1S/C17H25BrN4O/c1-3-19-17(20-12-16(23)22-10-4-5-11-22)21(2)13-14-6-8-15(18)9-7-14/h6-9H,3-5,10-13H2,1-2H3,(H,19,20). The molecule has 0 bridgehead atoms. The summed E-state index contributed by atoms with van der Waals surface area (Å²) in [5.74, 6) is 0.887. The highest BCUT2D eigenvalue weighted by molar-refractivity contribution is 9.10. The molecule has 1 aromatic rings. The first-order valence-electron chi connectivity index (χ1n) is 8.12. The number of carbonyl (C=O) groups excluding carboxylic acids is 1. The topological polar surface area (TPSA) is 47.9 Å². The maximum absolute atomic E-state index is 12.1. The first kappa shape index (κ1) is 17.8. The Morgan fingerprint density at radius 1 is 1.30 bits per heavy atom. The molecule has 2 rings (SSSR count). The molecule has 1 amide bonds. The van der Waals surface area contributed by atoms with Gasteiger partial charge in [-0.15, -0.1) is 0 Å². The number of nitrogens with zero attached hydrogens (tertiary/aromatic N) is 3. The van der Waals surface area contributed by atoms with Gasteiger partial charge in [0, 0.05) is 37.7 Å². The molecule has 0 spiro atoms. The predicted molar refractivity (Wildman–Crippen MR) is 97.4 cm³/mol. The lowest BCUT2D eigenvalue weighted by molar-refractivity contribution is -0.128. The smallest absolute Gasteiger partial charge is 0.244 e. The SMILES string of the molecule is CCNC(=NCC(=O)N1CCCC1)N(C)Cc1ccc(Br)cc1. The second-order valence-corrected chi connectivity index (χ2v) is 6.66. The number of guanidine groups is 1. The molecule has 0 unspecified atom stereocenters. The van der Waals surface area contributed by atoms with Crippen LogP contribution in [0.2, 0.25) is 0 Å². The van der Waals surface area contributed by atoms with Crippen LogP contribution < -0.4 is 5.32 Å². The number of hydrogen-bond donors (Lipinski definition) is 1. The van der Waals surface area contributed by atoms with Crippen LogP contribution in [0.3, 0.4) is 0 Å². The molecule has 1 aliphatic rings. The quantitative estimate of drug-likeness (QED) is 0.630. The number of halogens is 1. The van der Waals surface area contributed by atoms with Gasteiger partial charge in [-0.25, -0.2) is 4.99 Å². The fraction of sp³-hybridized carbons (Fsp3) is 0.529. The second kappa shape index (κ2) is 8.91. The number of hydrogen-bond acceptors (Lipinski definition) is 2. The van der Waals surface area contributed by atoms with E-state index in [1.807, 2.05) is 35.9 Å². The van der Waals surface area contributed by atoms with Gasteiger partial charge < -0.3 is 15.1 Å². The van der Waals surface area contributed by atoms with Crippen molar-refractivity contribution in [2.45, 2.75) is 26.3 Å². The summed E-state index contributed by atoms with van der Waals surface area (Å²) in [5, 5.41) is 3.26. The summed E-state index contributed by atoms with van der Waals surface area (Å²) in [4.78, 5) is 20.6. The fourth-order valence-electron chi connectivity index (χ4n) is 2.62. The van der Waals surface area contributed by atoms with Crippen molar-refractivity contribution in [2.75, 3.05) is 33.2 Å². The number of benzene rings is 1. The van der Waals surface area contributed by atoms with Crippen molar-refractivity contribution in [1.82, 2.24) is 15.1 Å². The van der Waals surface area contributed by atoms with Gasteiger partial charge in [-0.05, 0) is 37.5 Å². The van der Waals surface area contributed by atoms with Crippen molar-refractivity contribution in [2.24, 2.45) is 4.99 Å². The van der Waals surface area contributed by atoms with Gasteiger partial charge >= 0.3 is 0 Å². The summed E-state index contributed by atoms with van der Waals surface area (Å²) in [7, 11) is 1.99. The Balaban J connectivity index is 1.96. The molecular formula is C17H25BrN4O. The third-order valence-electron chi connectivity index (χ3n) is 3.85. The largest absolute Gasteiger partial charge is 0.357 e. The third-order valence-corrected chi connectivity index (χ3v) is 4.38. The zero-order valence-corrected chi connectivity index (χ0v) is 15.5. The van der Waals surface area contributed by atoms with Crippen molar-refractivity contribution >= 4 is 27.8 Å². The van der Waals surface area contributed by atoms with E-state index in [2.05, 4.69) is 38.4 Å². The van der Waals surface area contributed by atoms with E-state index in [0.717, 1.165) is 49.5 Å². The second-order valence-electron chi connectivity index (χ2n) is 5.74.